The molecule has 1 aromatic heterocycles. The van der Waals surface area contributed by atoms with Crippen molar-refractivity contribution in [1.29, 1.82) is 0 Å². The lowest BCUT2D eigenvalue weighted by Crippen LogP contribution is -2.19. The molecule has 130 valence electrons. The lowest BCUT2D eigenvalue weighted by molar-refractivity contribution is -0.117. The molecule has 3 rings (SSSR count). The summed E-state index contributed by atoms with van der Waals surface area (Å²) in [6.45, 7) is 0. The fourth-order valence-corrected chi connectivity index (χ4v) is 3.02. The SMILES string of the molecule is O=C(CCC(=O)c1c[nH]c2ccccc12)C1=C(C(F)(F)F)CCC=C1. The number of aromatic amines is 1. The van der Waals surface area contributed by atoms with Gasteiger partial charge in [0, 0.05) is 46.7 Å². The van der Waals surface area contributed by atoms with Crippen LogP contribution in [0.5, 0.6) is 0 Å². The highest BCUT2D eigenvalue weighted by atomic mass is 19.4. The van der Waals surface area contributed by atoms with E-state index in [1.807, 2.05) is 12.1 Å². The molecule has 0 saturated heterocycles. The number of benzene rings is 1. The summed E-state index contributed by atoms with van der Waals surface area (Å²) in [5.74, 6) is -0.906. The highest BCUT2D eigenvalue weighted by molar-refractivity contribution is 6.09. The van der Waals surface area contributed by atoms with Gasteiger partial charge in [0.05, 0.1) is 0 Å². The predicted octanol–water partition coefficient (Wildman–Crippen LogP) is 4.91. The summed E-state index contributed by atoms with van der Waals surface area (Å²) in [4.78, 5) is 27.6. The Kier molecular flexibility index (Phi) is 4.61. The third-order valence-corrected chi connectivity index (χ3v) is 4.28. The number of hydrogen-bond donors (Lipinski definition) is 1. The Morgan fingerprint density at radius 3 is 2.56 bits per heavy atom. The molecule has 1 heterocycles. The zero-order chi connectivity index (χ0) is 18.0. The van der Waals surface area contributed by atoms with E-state index >= 15 is 0 Å². The topological polar surface area (TPSA) is 49.9 Å². The van der Waals surface area contributed by atoms with Crippen LogP contribution in [0.3, 0.4) is 0 Å². The van der Waals surface area contributed by atoms with E-state index in [0.29, 0.717) is 5.56 Å². The number of ketones is 2. The molecule has 0 saturated carbocycles. The van der Waals surface area contributed by atoms with Gasteiger partial charge in [0.2, 0.25) is 0 Å². The van der Waals surface area contributed by atoms with Crippen LogP contribution in [-0.4, -0.2) is 22.7 Å². The van der Waals surface area contributed by atoms with Crippen molar-refractivity contribution in [2.45, 2.75) is 31.9 Å². The van der Waals surface area contributed by atoms with Gasteiger partial charge < -0.3 is 4.98 Å². The standard InChI is InChI=1S/C19H16F3NO2/c20-19(21,22)15-7-3-1-6-13(15)17(24)9-10-18(25)14-11-23-16-8-4-2-5-12(14)16/h1-2,4-6,8,11,23H,3,7,9-10H2. The summed E-state index contributed by atoms with van der Waals surface area (Å²) in [6.07, 6.45) is -0.456. The van der Waals surface area contributed by atoms with Crippen molar-refractivity contribution in [1.82, 2.24) is 4.98 Å². The first-order valence-corrected chi connectivity index (χ1v) is 7.97. The van der Waals surface area contributed by atoms with E-state index in [1.165, 1.54) is 6.08 Å². The number of carbonyl (C=O) groups excluding carboxylic acids is 2. The van der Waals surface area contributed by atoms with E-state index in [2.05, 4.69) is 4.98 Å². The number of rotatable bonds is 5. The number of Topliss-reactive ketones (excluding diaryl/α,β-unsaturated/α-hetero) is 2. The number of H-pyrrole nitrogens is 1. The highest BCUT2D eigenvalue weighted by Gasteiger charge is 2.37. The maximum absolute atomic E-state index is 13.0. The molecule has 1 N–H and O–H groups in total. The monoisotopic (exact) mass is 347 g/mol. The minimum atomic E-state index is -4.52. The number of allylic oxidation sites excluding steroid dienone is 4. The molecule has 0 spiro atoms. The second-order valence-corrected chi connectivity index (χ2v) is 5.93. The Morgan fingerprint density at radius 2 is 1.80 bits per heavy atom. The first-order chi connectivity index (χ1) is 11.9. The van der Waals surface area contributed by atoms with Gasteiger partial charge >= 0.3 is 6.18 Å². The minimum absolute atomic E-state index is 0.122. The van der Waals surface area contributed by atoms with Crippen LogP contribution in [0.2, 0.25) is 0 Å². The quantitative estimate of drug-likeness (QED) is 0.782. The molecule has 0 aliphatic heterocycles. The molecule has 25 heavy (non-hydrogen) atoms. The average molecular weight is 347 g/mol. The molecule has 2 aromatic rings. The summed E-state index contributed by atoms with van der Waals surface area (Å²) in [7, 11) is 0. The Hall–Kier alpha value is -2.63. The Labute approximate surface area is 142 Å². The predicted molar refractivity (Wildman–Crippen MR) is 88.3 cm³/mol. The number of alkyl halides is 3. The van der Waals surface area contributed by atoms with Gasteiger partial charge in [-0.15, -0.1) is 0 Å². The van der Waals surface area contributed by atoms with Gasteiger partial charge in [-0.3, -0.25) is 9.59 Å². The van der Waals surface area contributed by atoms with Gasteiger partial charge in [-0.1, -0.05) is 30.4 Å². The third kappa shape index (κ3) is 3.57. The molecular weight excluding hydrogens is 331 g/mol. The summed E-state index contributed by atoms with van der Waals surface area (Å²) in [5.41, 5.74) is 0.145. The number of para-hydroxylation sites is 1. The molecule has 0 amide bonds. The largest absolute Gasteiger partial charge is 0.413 e. The summed E-state index contributed by atoms with van der Waals surface area (Å²) < 4.78 is 39.1. The van der Waals surface area contributed by atoms with Crippen LogP contribution in [0.15, 0.2) is 53.8 Å². The maximum atomic E-state index is 13.0. The van der Waals surface area contributed by atoms with Crippen molar-refractivity contribution in [2.75, 3.05) is 0 Å². The molecule has 1 aliphatic carbocycles. The second kappa shape index (κ2) is 6.70. The molecule has 6 heteroatoms. The van der Waals surface area contributed by atoms with E-state index in [9.17, 15) is 22.8 Å². The fourth-order valence-electron chi connectivity index (χ4n) is 3.02. The summed E-state index contributed by atoms with van der Waals surface area (Å²) >= 11 is 0. The van der Waals surface area contributed by atoms with Crippen LogP contribution < -0.4 is 0 Å². The lowest BCUT2D eigenvalue weighted by atomic mass is 9.91. The van der Waals surface area contributed by atoms with Gasteiger partial charge in [-0.2, -0.15) is 13.2 Å². The highest BCUT2D eigenvalue weighted by Crippen LogP contribution is 2.35. The van der Waals surface area contributed by atoms with Gasteiger partial charge in [0.15, 0.2) is 11.6 Å². The lowest BCUT2D eigenvalue weighted by Gasteiger charge is -2.17. The van der Waals surface area contributed by atoms with Crippen molar-refractivity contribution in [3.05, 3.63) is 59.3 Å². The smallest absolute Gasteiger partial charge is 0.360 e. The van der Waals surface area contributed by atoms with Crippen LogP contribution >= 0.6 is 0 Å². The van der Waals surface area contributed by atoms with Gasteiger partial charge in [-0.05, 0) is 18.9 Å². The van der Waals surface area contributed by atoms with Crippen LogP contribution in [0, 0.1) is 0 Å². The van der Waals surface area contributed by atoms with E-state index in [0.717, 1.165) is 10.9 Å². The molecule has 0 atom stereocenters. The zero-order valence-corrected chi connectivity index (χ0v) is 13.3. The van der Waals surface area contributed by atoms with Crippen LogP contribution in [0.4, 0.5) is 13.2 Å². The van der Waals surface area contributed by atoms with Crippen molar-refractivity contribution in [2.24, 2.45) is 0 Å². The molecule has 1 aromatic carbocycles. The van der Waals surface area contributed by atoms with E-state index in [1.54, 1.807) is 24.4 Å². The molecule has 0 fully saturated rings. The van der Waals surface area contributed by atoms with Crippen LogP contribution in [0.25, 0.3) is 10.9 Å². The van der Waals surface area contributed by atoms with Crippen LogP contribution in [0.1, 0.15) is 36.0 Å². The fraction of sp³-hybridized carbons (Fsp3) is 0.263. The molecule has 1 aliphatic rings. The maximum Gasteiger partial charge on any atom is 0.413 e. The molecule has 3 nitrogen and oxygen atoms in total. The Balaban J connectivity index is 1.75. The van der Waals surface area contributed by atoms with Gasteiger partial charge in [-0.25, -0.2) is 0 Å². The minimum Gasteiger partial charge on any atom is -0.360 e. The van der Waals surface area contributed by atoms with E-state index in [-0.39, 0.29) is 37.0 Å². The first-order valence-electron chi connectivity index (χ1n) is 7.97. The number of carbonyl (C=O) groups is 2. The number of nitrogens with one attached hydrogen (secondary N) is 1. The Morgan fingerprint density at radius 1 is 1.08 bits per heavy atom. The van der Waals surface area contributed by atoms with E-state index < -0.39 is 17.5 Å². The number of aromatic nitrogens is 1. The number of fused-ring (bicyclic) bond motifs is 1. The Bertz CT molecular complexity index is 887. The van der Waals surface area contributed by atoms with E-state index in [4.69, 9.17) is 0 Å². The molecule has 0 bridgehead atoms. The van der Waals surface area contributed by atoms with Crippen molar-refractivity contribution >= 4 is 22.5 Å². The second-order valence-electron chi connectivity index (χ2n) is 5.93. The average Bonchev–Trinajstić information content (AvgIpc) is 3.03. The van der Waals surface area contributed by atoms with Crippen molar-refractivity contribution in [3.63, 3.8) is 0 Å². The zero-order valence-electron chi connectivity index (χ0n) is 13.3. The normalized spacial score (nSPS) is 15.0. The molecular formula is C19H16F3NO2. The third-order valence-electron chi connectivity index (χ3n) is 4.28. The summed E-state index contributed by atoms with van der Waals surface area (Å²) in [5, 5.41) is 0.743. The number of halogens is 3. The van der Waals surface area contributed by atoms with Gasteiger partial charge in [0.1, 0.15) is 0 Å². The summed E-state index contributed by atoms with van der Waals surface area (Å²) in [6, 6.07) is 7.24. The molecule has 0 unspecified atom stereocenters. The van der Waals surface area contributed by atoms with Gasteiger partial charge in [0.25, 0.3) is 0 Å². The number of hydrogen-bond acceptors (Lipinski definition) is 2. The first kappa shape index (κ1) is 17.2. The van der Waals surface area contributed by atoms with Crippen molar-refractivity contribution < 1.29 is 22.8 Å². The van der Waals surface area contributed by atoms with Crippen LogP contribution in [-0.2, 0) is 4.79 Å². The van der Waals surface area contributed by atoms with Crippen molar-refractivity contribution in [3.8, 4) is 0 Å². The molecule has 0 radical (unpaired) electrons.